The Morgan fingerprint density at radius 2 is 0.507 bits per heavy atom. The van der Waals surface area contributed by atoms with Crippen molar-refractivity contribution in [3.8, 4) is 0 Å². The Morgan fingerprint density at radius 1 is 0.260 bits per heavy atom. The zero-order chi connectivity index (χ0) is 51.5. The summed E-state index contributed by atoms with van der Waals surface area (Å²) in [6.07, 6.45) is -0.0198. The van der Waals surface area contributed by atoms with Gasteiger partial charge in [0.15, 0.2) is 5.66 Å². The lowest BCUT2D eigenvalue weighted by Gasteiger charge is -2.78. The van der Waals surface area contributed by atoms with E-state index in [1.54, 1.807) is 0 Å². The maximum absolute atomic E-state index is 14.0. The molecule has 12 fully saturated rings. The van der Waals surface area contributed by atoms with Gasteiger partial charge in [-0.15, -0.1) is 0 Å². The Labute approximate surface area is 436 Å². The number of hydrogen-bond donors (Lipinski definition) is 13. The first-order chi connectivity index (χ1) is 34.9. The summed E-state index contributed by atoms with van der Waals surface area (Å²) < 4.78 is 0. The van der Waals surface area contributed by atoms with Crippen LogP contribution in [-0.2, 0) is 0 Å². The number of aliphatic hydroxyl groups is 1. The molecular weight excluding hydrogens is 929 g/mol. The van der Waals surface area contributed by atoms with Gasteiger partial charge in [0.25, 0.3) is 0 Å². The molecule has 12 aliphatic heterocycles. The van der Waals surface area contributed by atoms with Crippen LogP contribution in [-0.4, -0.2) is 374 Å². The standard InChI is InChI=1S/C48H98N24O/c1-61-25-13-49-37(61)38(50-14-26-62(38)2)39(51-15-27-63(39)3)40(52-16-28-64(40)4)41(53-17-29-65(41)5)42(54-18-30-66(42)6)43(55-19-31-67(43)7)44(56-20-32-68(44)8)45(57-21-33-69(45)9)46(58-22-34-70(46)10)47(59-23-35-71(47)11)48(73)60-24-36-72(48)12/h37,49-60,73H,13-36H2,1-12H3. The molecule has 12 unspecified atom stereocenters. The molecule has 73 heavy (non-hydrogen) atoms. The third-order valence-corrected chi connectivity index (χ3v) is 22.3. The fourth-order valence-corrected chi connectivity index (χ4v) is 19.9. The van der Waals surface area contributed by atoms with Gasteiger partial charge in [-0.1, -0.05) is 0 Å². The van der Waals surface area contributed by atoms with Crippen molar-refractivity contribution >= 4 is 0 Å². The van der Waals surface area contributed by atoms with Crippen molar-refractivity contribution in [1.29, 1.82) is 0 Å². The predicted octanol–water partition coefficient (Wildman–Crippen LogP) is -9.66. The van der Waals surface area contributed by atoms with Crippen LogP contribution >= 0.6 is 0 Å². The molecule has 0 spiro atoms. The van der Waals surface area contributed by atoms with E-state index in [1.807, 2.05) is 0 Å². The second-order valence-corrected chi connectivity index (χ2v) is 24.5. The van der Waals surface area contributed by atoms with Crippen molar-refractivity contribution < 1.29 is 5.11 Å². The molecule has 0 amide bonds. The van der Waals surface area contributed by atoms with E-state index in [0.29, 0.717) is 13.1 Å². The van der Waals surface area contributed by atoms with Gasteiger partial charge in [-0.2, -0.15) is 0 Å². The molecule has 12 heterocycles. The summed E-state index contributed by atoms with van der Waals surface area (Å²) in [6.45, 7) is 19.3. The molecule has 0 aliphatic carbocycles. The van der Waals surface area contributed by atoms with Crippen LogP contribution < -0.4 is 63.8 Å². The highest BCUT2D eigenvalue weighted by molar-refractivity contribution is 5.47. The van der Waals surface area contributed by atoms with Gasteiger partial charge in [0, 0.05) is 157 Å². The first kappa shape index (κ1) is 52.7. The number of nitrogens with zero attached hydrogens (tertiary/aromatic N) is 12. The molecule has 0 bridgehead atoms. The third kappa shape index (κ3) is 5.50. The number of hydrogen-bond acceptors (Lipinski definition) is 25. The average molecular weight is 1030 g/mol. The molecule has 0 aromatic carbocycles. The summed E-state index contributed by atoms with van der Waals surface area (Å²) in [5.74, 6) is -1.49. The van der Waals surface area contributed by atoms with Gasteiger partial charge in [0.2, 0.25) is 5.85 Å². The highest BCUT2D eigenvalue weighted by atomic mass is 16.3. The van der Waals surface area contributed by atoms with E-state index in [-0.39, 0.29) is 6.17 Å². The Hall–Kier alpha value is -1.00. The first-order valence-corrected chi connectivity index (χ1v) is 28.2. The lowest BCUT2D eigenvalue weighted by molar-refractivity contribution is -0.317. The molecule has 0 saturated carbocycles. The van der Waals surface area contributed by atoms with Crippen LogP contribution in [0.2, 0.25) is 0 Å². The van der Waals surface area contributed by atoms with Gasteiger partial charge in [0.1, 0.15) is 51.0 Å². The van der Waals surface area contributed by atoms with Crippen LogP contribution in [0.1, 0.15) is 0 Å². The highest BCUT2D eigenvalue weighted by Crippen LogP contribution is 2.64. The van der Waals surface area contributed by atoms with Gasteiger partial charge in [-0.05, 0) is 84.6 Å². The quantitative estimate of drug-likeness (QED) is 0.0930. The Bertz CT molecular complexity index is 2090. The molecule has 12 aliphatic rings. The Morgan fingerprint density at radius 3 is 0.753 bits per heavy atom. The van der Waals surface area contributed by atoms with Crippen molar-refractivity contribution in [3.63, 3.8) is 0 Å². The molecule has 0 aromatic heterocycles. The summed E-state index contributed by atoms with van der Waals surface area (Å²) in [4.78, 5) is 31.4. The molecule has 25 nitrogen and oxygen atoms in total. The van der Waals surface area contributed by atoms with E-state index in [0.717, 1.165) is 144 Å². The molecule has 12 saturated heterocycles. The van der Waals surface area contributed by atoms with Gasteiger partial charge >= 0.3 is 0 Å². The fraction of sp³-hybridized carbons (Fsp3) is 1.00. The van der Waals surface area contributed by atoms with Gasteiger partial charge in [-0.3, -0.25) is 123 Å². The van der Waals surface area contributed by atoms with E-state index in [1.165, 1.54) is 0 Å². The average Bonchev–Trinajstić information content (AvgIpc) is 4.17. The molecule has 12 atom stereocenters. The zero-order valence-corrected chi connectivity index (χ0v) is 46.9. The summed E-state index contributed by atoms with van der Waals surface area (Å²) in [6, 6.07) is 0. The van der Waals surface area contributed by atoms with Gasteiger partial charge in [-0.25, -0.2) is 0 Å². The van der Waals surface area contributed by atoms with E-state index in [9.17, 15) is 5.11 Å². The van der Waals surface area contributed by atoms with E-state index >= 15 is 0 Å². The first-order valence-electron chi connectivity index (χ1n) is 28.2. The highest BCUT2D eigenvalue weighted by Gasteiger charge is 2.94. The SMILES string of the molecule is CN1CCNC1C1(C2(C3(C4(C5(C6(C7(C8(C9(C%10(C%11(O)NCCN%11C)NCCN%10C)NCCN9C)NCCN8C)NCCN7C)NCCN6C)NCCN5C)NCCN4C)NCCN3C)NCCN2C)NCCN1C. The normalized spacial score (nSPS) is 51.7. The lowest BCUT2D eigenvalue weighted by atomic mass is 9.56. The summed E-state index contributed by atoms with van der Waals surface area (Å²) in [7, 11) is 28.1. The van der Waals surface area contributed by atoms with E-state index in [4.69, 9.17) is 0 Å². The lowest BCUT2D eigenvalue weighted by Crippen LogP contribution is -3.08. The topological polar surface area (TPSA) is 203 Å². The minimum atomic E-state index is -1.49. The van der Waals surface area contributed by atoms with E-state index in [2.05, 4.69) is 207 Å². The predicted molar refractivity (Wildman–Crippen MR) is 284 cm³/mol. The zero-order valence-electron chi connectivity index (χ0n) is 46.9. The van der Waals surface area contributed by atoms with Crippen LogP contribution in [0.25, 0.3) is 0 Å². The second kappa shape index (κ2) is 17.8. The van der Waals surface area contributed by atoms with Gasteiger partial charge in [0.05, 0.1) is 6.17 Å². The van der Waals surface area contributed by atoms with Crippen molar-refractivity contribution in [2.24, 2.45) is 0 Å². The van der Waals surface area contributed by atoms with Crippen molar-refractivity contribution in [2.75, 3.05) is 242 Å². The number of rotatable bonds is 11. The second-order valence-electron chi connectivity index (χ2n) is 24.5. The minimum absolute atomic E-state index is 0.0198. The van der Waals surface area contributed by atoms with Crippen molar-refractivity contribution in [3.05, 3.63) is 0 Å². The van der Waals surface area contributed by atoms with Crippen molar-refractivity contribution in [1.82, 2.24) is 123 Å². The third-order valence-electron chi connectivity index (χ3n) is 22.3. The van der Waals surface area contributed by atoms with Crippen molar-refractivity contribution in [2.45, 2.75) is 68.6 Å². The molecule has 25 heteroatoms. The maximum atomic E-state index is 14.0. The molecule has 416 valence electrons. The van der Waals surface area contributed by atoms with Gasteiger partial charge < -0.3 is 5.11 Å². The summed E-state index contributed by atoms with van der Waals surface area (Å²) >= 11 is 0. The molecular formula is C48H98N24O. The fourth-order valence-electron chi connectivity index (χ4n) is 19.9. The molecule has 12 rings (SSSR count). The minimum Gasteiger partial charge on any atom is -0.360 e. The molecule has 0 radical (unpaired) electrons. The monoisotopic (exact) mass is 1030 g/mol. The van der Waals surface area contributed by atoms with Crippen LogP contribution in [0.15, 0.2) is 0 Å². The Kier molecular flexibility index (Phi) is 12.8. The number of likely N-dealkylation sites (N-methyl/N-ethyl adjacent to an activating group) is 12. The van der Waals surface area contributed by atoms with E-state index < -0.39 is 62.5 Å². The molecule has 0 aromatic rings. The summed E-state index contributed by atoms with van der Waals surface area (Å²) in [5.41, 5.74) is -9.37. The number of nitrogens with one attached hydrogen (secondary N) is 12. The Balaban J connectivity index is 1.21. The maximum Gasteiger partial charge on any atom is 0.210 e. The van der Waals surface area contributed by atoms with Crippen LogP contribution in [0, 0.1) is 0 Å². The summed E-state index contributed by atoms with van der Waals surface area (Å²) in [5, 5.41) is 67.2. The van der Waals surface area contributed by atoms with Crippen LogP contribution in [0.3, 0.4) is 0 Å². The van der Waals surface area contributed by atoms with Crippen LogP contribution in [0.4, 0.5) is 0 Å². The molecule has 13 N–H and O–H groups in total. The smallest absolute Gasteiger partial charge is 0.210 e. The van der Waals surface area contributed by atoms with Crippen LogP contribution in [0.5, 0.6) is 0 Å². The largest absolute Gasteiger partial charge is 0.360 e.